The number of rotatable bonds is 2. The van der Waals surface area contributed by atoms with Crippen LogP contribution in [0.3, 0.4) is 0 Å². The Morgan fingerprint density at radius 2 is 2.06 bits per heavy atom. The summed E-state index contributed by atoms with van der Waals surface area (Å²) in [5, 5.41) is 3.68. The van der Waals surface area contributed by atoms with Gasteiger partial charge in [-0.2, -0.15) is 0 Å². The van der Waals surface area contributed by atoms with Crippen LogP contribution in [0.4, 0.5) is 5.69 Å². The molecule has 1 aromatic carbocycles. The highest BCUT2D eigenvalue weighted by molar-refractivity contribution is 5.60. The van der Waals surface area contributed by atoms with Gasteiger partial charge in [-0.3, -0.25) is 0 Å². The SMILES string of the molecule is Cc1cc(C)c2c(c1)CCC(CN(C)C)N2. The molecule has 88 valence electrons. The maximum Gasteiger partial charge on any atom is 0.0405 e. The van der Waals surface area contributed by atoms with Gasteiger partial charge in [0.15, 0.2) is 0 Å². The van der Waals surface area contributed by atoms with Gasteiger partial charge in [-0.1, -0.05) is 17.7 Å². The predicted octanol–water partition coefficient (Wildman–Crippen LogP) is 2.59. The molecule has 16 heavy (non-hydrogen) atoms. The molecule has 0 fully saturated rings. The van der Waals surface area contributed by atoms with Gasteiger partial charge in [0.2, 0.25) is 0 Å². The van der Waals surface area contributed by atoms with Gasteiger partial charge in [-0.05, 0) is 51.9 Å². The van der Waals surface area contributed by atoms with E-state index < -0.39 is 0 Å². The van der Waals surface area contributed by atoms with Crippen molar-refractivity contribution in [1.29, 1.82) is 0 Å². The van der Waals surface area contributed by atoms with Crippen molar-refractivity contribution < 1.29 is 0 Å². The van der Waals surface area contributed by atoms with E-state index in [-0.39, 0.29) is 0 Å². The van der Waals surface area contributed by atoms with Crippen molar-refractivity contribution in [3.63, 3.8) is 0 Å². The highest BCUT2D eigenvalue weighted by Gasteiger charge is 2.19. The van der Waals surface area contributed by atoms with Crippen LogP contribution in [0.2, 0.25) is 0 Å². The Morgan fingerprint density at radius 1 is 1.31 bits per heavy atom. The molecular weight excluding hydrogens is 196 g/mol. The summed E-state index contributed by atoms with van der Waals surface area (Å²) in [5.41, 5.74) is 5.64. The van der Waals surface area contributed by atoms with E-state index in [9.17, 15) is 0 Å². The van der Waals surface area contributed by atoms with Gasteiger partial charge < -0.3 is 10.2 Å². The fraction of sp³-hybridized carbons (Fsp3) is 0.571. The van der Waals surface area contributed by atoms with Crippen LogP contribution in [0.1, 0.15) is 23.1 Å². The van der Waals surface area contributed by atoms with E-state index in [1.165, 1.54) is 35.2 Å². The first-order valence-corrected chi connectivity index (χ1v) is 6.07. The summed E-state index contributed by atoms with van der Waals surface area (Å²) >= 11 is 0. The zero-order chi connectivity index (χ0) is 11.7. The molecule has 0 aliphatic carbocycles. The van der Waals surface area contributed by atoms with Gasteiger partial charge in [0.1, 0.15) is 0 Å². The molecule has 1 aliphatic heterocycles. The molecule has 1 atom stereocenters. The lowest BCUT2D eigenvalue weighted by molar-refractivity contribution is 0.371. The average Bonchev–Trinajstić information content (AvgIpc) is 2.18. The number of aryl methyl sites for hydroxylation is 3. The van der Waals surface area contributed by atoms with Crippen LogP contribution >= 0.6 is 0 Å². The fourth-order valence-electron chi connectivity index (χ4n) is 2.64. The summed E-state index contributed by atoms with van der Waals surface area (Å²) in [6, 6.07) is 5.19. The zero-order valence-corrected chi connectivity index (χ0v) is 10.8. The van der Waals surface area contributed by atoms with E-state index in [0.717, 1.165) is 6.54 Å². The van der Waals surface area contributed by atoms with Crippen molar-refractivity contribution in [2.45, 2.75) is 32.7 Å². The summed E-state index contributed by atoms with van der Waals surface area (Å²) in [4.78, 5) is 2.26. The summed E-state index contributed by atoms with van der Waals surface area (Å²) in [7, 11) is 4.28. The quantitative estimate of drug-likeness (QED) is 0.821. The molecule has 0 aromatic heterocycles. The average molecular weight is 218 g/mol. The minimum atomic E-state index is 0.601. The molecule has 2 nitrogen and oxygen atoms in total. The van der Waals surface area contributed by atoms with Crippen molar-refractivity contribution in [3.8, 4) is 0 Å². The molecule has 0 radical (unpaired) electrons. The number of hydrogen-bond acceptors (Lipinski definition) is 2. The fourth-order valence-corrected chi connectivity index (χ4v) is 2.64. The van der Waals surface area contributed by atoms with E-state index in [2.05, 4.69) is 50.3 Å². The Balaban J connectivity index is 2.20. The number of nitrogens with zero attached hydrogens (tertiary/aromatic N) is 1. The van der Waals surface area contributed by atoms with Crippen LogP contribution in [0.25, 0.3) is 0 Å². The summed E-state index contributed by atoms with van der Waals surface area (Å²) in [6.07, 6.45) is 2.46. The van der Waals surface area contributed by atoms with Crippen molar-refractivity contribution in [2.24, 2.45) is 0 Å². The molecule has 1 aromatic rings. The van der Waals surface area contributed by atoms with E-state index in [4.69, 9.17) is 0 Å². The number of fused-ring (bicyclic) bond motifs is 1. The molecule has 2 heteroatoms. The van der Waals surface area contributed by atoms with Crippen LogP contribution in [0.5, 0.6) is 0 Å². The Kier molecular flexibility index (Phi) is 3.20. The van der Waals surface area contributed by atoms with E-state index >= 15 is 0 Å². The summed E-state index contributed by atoms with van der Waals surface area (Å²) in [6.45, 7) is 5.50. The molecule has 1 N–H and O–H groups in total. The maximum absolute atomic E-state index is 3.68. The van der Waals surface area contributed by atoms with Gasteiger partial charge in [0.25, 0.3) is 0 Å². The number of likely N-dealkylation sites (N-methyl/N-ethyl adjacent to an activating group) is 1. The molecule has 2 rings (SSSR count). The first-order chi connectivity index (χ1) is 7.56. The molecule has 1 aliphatic rings. The first kappa shape index (κ1) is 11.5. The van der Waals surface area contributed by atoms with Crippen LogP contribution in [0.15, 0.2) is 12.1 Å². The smallest absolute Gasteiger partial charge is 0.0405 e. The van der Waals surface area contributed by atoms with Gasteiger partial charge in [-0.15, -0.1) is 0 Å². The molecule has 1 heterocycles. The third-order valence-corrected chi connectivity index (χ3v) is 3.26. The predicted molar refractivity (Wildman–Crippen MR) is 70.2 cm³/mol. The first-order valence-electron chi connectivity index (χ1n) is 6.07. The molecule has 0 saturated carbocycles. The van der Waals surface area contributed by atoms with Crippen molar-refractivity contribution >= 4 is 5.69 Å². The lowest BCUT2D eigenvalue weighted by Crippen LogP contribution is -2.35. The van der Waals surface area contributed by atoms with E-state index in [1.807, 2.05) is 0 Å². The summed E-state index contributed by atoms with van der Waals surface area (Å²) < 4.78 is 0. The standard InChI is InChI=1S/C14H22N2/c1-10-7-11(2)14-12(8-10)5-6-13(15-14)9-16(3)4/h7-8,13,15H,5-6,9H2,1-4H3. The molecular formula is C14H22N2. The number of anilines is 1. The van der Waals surface area contributed by atoms with Gasteiger partial charge in [0, 0.05) is 18.3 Å². The zero-order valence-electron chi connectivity index (χ0n) is 10.8. The number of hydrogen-bond donors (Lipinski definition) is 1. The molecule has 0 amide bonds. The Bertz CT molecular complexity index is 383. The monoisotopic (exact) mass is 218 g/mol. The highest BCUT2D eigenvalue weighted by Crippen LogP contribution is 2.29. The second-order valence-corrected chi connectivity index (χ2v) is 5.26. The van der Waals surface area contributed by atoms with Crippen molar-refractivity contribution in [1.82, 2.24) is 4.90 Å². The normalized spacial score (nSPS) is 19.4. The van der Waals surface area contributed by atoms with Crippen LogP contribution < -0.4 is 5.32 Å². The third kappa shape index (κ3) is 2.38. The highest BCUT2D eigenvalue weighted by atomic mass is 15.1. The lowest BCUT2D eigenvalue weighted by atomic mass is 9.93. The van der Waals surface area contributed by atoms with Gasteiger partial charge >= 0.3 is 0 Å². The largest absolute Gasteiger partial charge is 0.381 e. The number of nitrogens with one attached hydrogen (secondary N) is 1. The molecule has 0 saturated heterocycles. The second kappa shape index (κ2) is 4.46. The van der Waals surface area contributed by atoms with Crippen LogP contribution in [-0.2, 0) is 6.42 Å². The lowest BCUT2D eigenvalue weighted by Gasteiger charge is -2.30. The van der Waals surface area contributed by atoms with Crippen LogP contribution in [0, 0.1) is 13.8 Å². The number of benzene rings is 1. The van der Waals surface area contributed by atoms with E-state index in [1.54, 1.807) is 0 Å². The second-order valence-electron chi connectivity index (χ2n) is 5.26. The van der Waals surface area contributed by atoms with Crippen LogP contribution in [-0.4, -0.2) is 31.6 Å². The minimum absolute atomic E-state index is 0.601. The van der Waals surface area contributed by atoms with Crippen molar-refractivity contribution in [2.75, 3.05) is 26.0 Å². The van der Waals surface area contributed by atoms with Gasteiger partial charge in [0.05, 0.1) is 0 Å². The summed E-state index contributed by atoms with van der Waals surface area (Å²) in [5.74, 6) is 0. The molecule has 0 bridgehead atoms. The van der Waals surface area contributed by atoms with Crippen molar-refractivity contribution in [3.05, 3.63) is 28.8 Å². The Labute approximate surface area is 98.7 Å². The van der Waals surface area contributed by atoms with E-state index in [0.29, 0.717) is 6.04 Å². The minimum Gasteiger partial charge on any atom is -0.381 e. The topological polar surface area (TPSA) is 15.3 Å². The maximum atomic E-state index is 3.68. The van der Waals surface area contributed by atoms with Gasteiger partial charge in [-0.25, -0.2) is 0 Å². The Hall–Kier alpha value is -1.02. The molecule has 0 spiro atoms. The Morgan fingerprint density at radius 3 is 2.75 bits per heavy atom. The third-order valence-electron chi connectivity index (χ3n) is 3.26. The molecule has 1 unspecified atom stereocenters.